The summed E-state index contributed by atoms with van der Waals surface area (Å²) in [5.74, 6) is 0. The lowest BCUT2D eigenvalue weighted by molar-refractivity contribution is 0.296. The number of nitrogens with one attached hydrogen (secondary N) is 1. The van der Waals surface area contributed by atoms with Crippen molar-refractivity contribution < 1.29 is 5.11 Å². The summed E-state index contributed by atoms with van der Waals surface area (Å²) in [4.78, 5) is 2.25. The van der Waals surface area contributed by atoms with Crippen molar-refractivity contribution in [2.45, 2.75) is 46.2 Å². The van der Waals surface area contributed by atoms with Crippen LogP contribution in [-0.2, 0) is 6.54 Å². The Balaban J connectivity index is 2.94. The van der Waals surface area contributed by atoms with Crippen molar-refractivity contribution in [3.8, 4) is 0 Å². The topological polar surface area (TPSA) is 35.5 Å². The SMILES string of the molecule is CCNCc1ccc(N(CCO)C(CC)CC)cc1Cl. The van der Waals surface area contributed by atoms with Crippen molar-refractivity contribution in [2.24, 2.45) is 0 Å². The van der Waals surface area contributed by atoms with Gasteiger partial charge in [0.05, 0.1) is 6.61 Å². The highest BCUT2D eigenvalue weighted by Gasteiger charge is 2.16. The third-order valence-electron chi connectivity index (χ3n) is 3.66. The van der Waals surface area contributed by atoms with Gasteiger partial charge in [0, 0.05) is 29.8 Å². The van der Waals surface area contributed by atoms with E-state index in [4.69, 9.17) is 11.6 Å². The summed E-state index contributed by atoms with van der Waals surface area (Å²) in [6.45, 7) is 8.98. The van der Waals surface area contributed by atoms with Gasteiger partial charge < -0.3 is 15.3 Å². The van der Waals surface area contributed by atoms with E-state index in [1.807, 2.05) is 6.07 Å². The number of aliphatic hydroxyl groups excluding tert-OH is 1. The number of hydrogen-bond donors (Lipinski definition) is 2. The Kier molecular flexibility index (Phi) is 7.97. The van der Waals surface area contributed by atoms with Crippen LogP contribution in [0.2, 0.25) is 5.02 Å². The first-order valence-corrected chi connectivity index (χ1v) is 7.92. The summed E-state index contributed by atoms with van der Waals surface area (Å²) >= 11 is 6.37. The van der Waals surface area contributed by atoms with Crippen LogP contribution in [-0.4, -0.2) is 30.8 Å². The molecule has 0 bridgehead atoms. The van der Waals surface area contributed by atoms with Gasteiger partial charge in [-0.2, -0.15) is 0 Å². The summed E-state index contributed by atoms with van der Waals surface area (Å²) in [6.07, 6.45) is 2.13. The summed E-state index contributed by atoms with van der Waals surface area (Å²) in [5, 5.41) is 13.4. The minimum absolute atomic E-state index is 0.160. The third-order valence-corrected chi connectivity index (χ3v) is 4.01. The highest BCUT2D eigenvalue weighted by Crippen LogP contribution is 2.26. The van der Waals surface area contributed by atoms with E-state index in [1.54, 1.807) is 0 Å². The average Bonchev–Trinajstić information content (AvgIpc) is 2.46. The molecule has 0 heterocycles. The van der Waals surface area contributed by atoms with Crippen molar-refractivity contribution in [1.29, 1.82) is 0 Å². The van der Waals surface area contributed by atoms with Crippen LogP contribution in [0.25, 0.3) is 0 Å². The second-order valence-electron chi connectivity index (χ2n) is 4.94. The van der Waals surface area contributed by atoms with Crippen molar-refractivity contribution in [2.75, 3.05) is 24.6 Å². The molecule has 1 rings (SSSR count). The first kappa shape index (κ1) is 17.3. The molecule has 0 amide bonds. The van der Waals surface area contributed by atoms with E-state index in [0.29, 0.717) is 12.6 Å². The first-order chi connectivity index (χ1) is 9.67. The molecule has 4 heteroatoms. The fourth-order valence-electron chi connectivity index (χ4n) is 2.48. The number of anilines is 1. The second kappa shape index (κ2) is 9.22. The van der Waals surface area contributed by atoms with E-state index in [-0.39, 0.29) is 6.61 Å². The molecule has 0 aromatic heterocycles. The van der Waals surface area contributed by atoms with E-state index in [0.717, 1.165) is 42.2 Å². The molecular formula is C16H27ClN2O. The molecular weight excluding hydrogens is 272 g/mol. The Hall–Kier alpha value is -0.770. The molecule has 0 saturated heterocycles. The molecule has 114 valence electrons. The minimum atomic E-state index is 0.160. The van der Waals surface area contributed by atoms with Crippen LogP contribution in [0.4, 0.5) is 5.69 Å². The van der Waals surface area contributed by atoms with E-state index >= 15 is 0 Å². The fraction of sp³-hybridized carbons (Fsp3) is 0.625. The second-order valence-corrected chi connectivity index (χ2v) is 5.35. The van der Waals surface area contributed by atoms with Gasteiger partial charge in [-0.1, -0.05) is 38.4 Å². The maximum Gasteiger partial charge on any atom is 0.0606 e. The lowest BCUT2D eigenvalue weighted by atomic mass is 10.1. The number of hydrogen-bond acceptors (Lipinski definition) is 3. The van der Waals surface area contributed by atoms with Crippen LogP contribution in [0.3, 0.4) is 0 Å². The molecule has 0 fully saturated rings. The number of benzene rings is 1. The Morgan fingerprint density at radius 1 is 1.25 bits per heavy atom. The molecule has 3 nitrogen and oxygen atoms in total. The molecule has 2 N–H and O–H groups in total. The van der Waals surface area contributed by atoms with E-state index in [9.17, 15) is 5.11 Å². The van der Waals surface area contributed by atoms with Gasteiger partial charge in [-0.3, -0.25) is 0 Å². The zero-order chi connectivity index (χ0) is 15.0. The molecule has 1 aromatic rings. The van der Waals surface area contributed by atoms with Crippen molar-refractivity contribution in [3.05, 3.63) is 28.8 Å². The van der Waals surface area contributed by atoms with E-state index < -0.39 is 0 Å². The van der Waals surface area contributed by atoms with Gasteiger partial charge in [0.25, 0.3) is 0 Å². The van der Waals surface area contributed by atoms with Crippen molar-refractivity contribution in [1.82, 2.24) is 5.32 Å². The molecule has 20 heavy (non-hydrogen) atoms. The van der Waals surface area contributed by atoms with Gasteiger partial charge in [0.1, 0.15) is 0 Å². The van der Waals surface area contributed by atoms with Gasteiger partial charge in [-0.25, -0.2) is 0 Å². The Morgan fingerprint density at radius 2 is 1.95 bits per heavy atom. The van der Waals surface area contributed by atoms with Gasteiger partial charge in [-0.05, 0) is 37.1 Å². The van der Waals surface area contributed by atoms with Crippen LogP contribution < -0.4 is 10.2 Å². The van der Waals surface area contributed by atoms with Gasteiger partial charge in [0.15, 0.2) is 0 Å². The summed E-state index contributed by atoms with van der Waals surface area (Å²) < 4.78 is 0. The largest absolute Gasteiger partial charge is 0.395 e. The molecule has 0 aliphatic heterocycles. The summed E-state index contributed by atoms with van der Waals surface area (Å²) in [7, 11) is 0. The Labute approximate surface area is 127 Å². The molecule has 1 aromatic carbocycles. The molecule has 0 radical (unpaired) electrons. The van der Waals surface area contributed by atoms with Crippen LogP contribution in [0.5, 0.6) is 0 Å². The van der Waals surface area contributed by atoms with Crippen LogP contribution in [0, 0.1) is 0 Å². The normalized spacial score (nSPS) is 11.1. The Bertz CT molecular complexity index is 394. The highest BCUT2D eigenvalue weighted by molar-refractivity contribution is 6.31. The van der Waals surface area contributed by atoms with Gasteiger partial charge in [-0.15, -0.1) is 0 Å². The van der Waals surface area contributed by atoms with Crippen LogP contribution in [0.15, 0.2) is 18.2 Å². The number of nitrogens with zero attached hydrogens (tertiary/aromatic N) is 1. The maximum atomic E-state index is 9.29. The maximum absolute atomic E-state index is 9.29. The number of aliphatic hydroxyl groups is 1. The molecule has 0 aliphatic carbocycles. The average molecular weight is 299 g/mol. The highest BCUT2D eigenvalue weighted by atomic mass is 35.5. The van der Waals surface area contributed by atoms with E-state index in [1.165, 1.54) is 0 Å². The van der Waals surface area contributed by atoms with Crippen molar-refractivity contribution in [3.63, 3.8) is 0 Å². The molecule has 0 atom stereocenters. The minimum Gasteiger partial charge on any atom is -0.395 e. The molecule has 0 saturated carbocycles. The lowest BCUT2D eigenvalue weighted by Gasteiger charge is -2.32. The third kappa shape index (κ3) is 4.65. The standard InChI is InChI=1S/C16H27ClN2O/c1-4-14(5-2)19(9-10-20)15-8-7-13(12-18-6-3)16(17)11-15/h7-8,11,14,18,20H,4-6,9-10,12H2,1-3H3. The Morgan fingerprint density at radius 3 is 2.45 bits per heavy atom. The summed E-state index contributed by atoms with van der Waals surface area (Å²) in [5.41, 5.74) is 2.21. The molecule has 0 aliphatic rings. The van der Waals surface area contributed by atoms with Gasteiger partial charge >= 0.3 is 0 Å². The van der Waals surface area contributed by atoms with Crippen molar-refractivity contribution >= 4 is 17.3 Å². The lowest BCUT2D eigenvalue weighted by Crippen LogP contribution is -2.36. The zero-order valence-electron chi connectivity index (χ0n) is 12.8. The molecule has 0 unspecified atom stereocenters. The summed E-state index contributed by atoms with van der Waals surface area (Å²) in [6, 6.07) is 6.64. The first-order valence-electron chi connectivity index (χ1n) is 7.54. The fourth-order valence-corrected chi connectivity index (χ4v) is 2.72. The number of rotatable bonds is 9. The molecule has 0 spiro atoms. The predicted molar refractivity (Wildman–Crippen MR) is 87.6 cm³/mol. The quantitative estimate of drug-likeness (QED) is 0.733. The van der Waals surface area contributed by atoms with E-state index in [2.05, 4.69) is 43.1 Å². The monoisotopic (exact) mass is 298 g/mol. The van der Waals surface area contributed by atoms with Crippen LogP contribution in [0.1, 0.15) is 39.2 Å². The smallest absolute Gasteiger partial charge is 0.0606 e. The zero-order valence-corrected chi connectivity index (χ0v) is 13.6. The number of halogens is 1. The predicted octanol–water partition coefficient (Wildman–Crippen LogP) is 3.44. The van der Waals surface area contributed by atoms with Crippen LogP contribution >= 0.6 is 11.6 Å². The van der Waals surface area contributed by atoms with Gasteiger partial charge in [0.2, 0.25) is 0 Å².